The molecule has 1 saturated heterocycles. The van der Waals surface area contributed by atoms with E-state index in [2.05, 4.69) is 18.0 Å². The fourth-order valence-corrected chi connectivity index (χ4v) is 1.46. The second-order valence-electron chi connectivity index (χ2n) is 3.81. The summed E-state index contributed by atoms with van der Waals surface area (Å²) < 4.78 is 4.93. The zero-order valence-corrected chi connectivity index (χ0v) is 9.45. The van der Waals surface area contributed by atoms with Gasteiger partial charge in [0.25, 0.3) is 0 Å². The Morgan fingerprint density at radius 3 is 2.93 bits per heavy atom. The number of cyclic esters (lactones) is 1. The Morgan fingerprint density at radius 1 is 1.53 bits per heavy atom. The van der Waals surface area contributed by atoms with E-state index in [9.17, 15) is 4.79 Å². The van der Waals surface area contributed by atoms with Crippen LogP contribution in [0.4, 0.5) is 4.79 Å². The van der Waals surface area contributed by atoms with Crippen LogP contribution in [0, 0.1) is 0 Å². The first kappa shape index (κ1) is 11.9. The van der Waals surface area contributed by atoms with Gasteiger partial charge in [0.1, 0.15) is 6.10 Å². The van der Waals surface area contributed by atoms with Crippen molar-refractivity contribution in [3.63, 3.8) is 0 Å². The quantitative estimate of drug-likeness (QED) is 0.558. The number of nitrogens with one attached hydrogen (secondary N) is 1. The van der Waals surface area contributed by atoms with Gasteiger partial charge in [-0.2, -0.15) is 0 Å². The lowest BCUT2D eigenvalue weighted by Crippen LogP contribution is -2.27. The molecule has 1 amide bonds. The molecule has 84 valence electrons. The number of amides is 1. The van der Waals surface area contributed by atoms with Crippen LogP contribution in [-0.2, 0) is 4.74 Å². The van der Waals surface area contributed by atoms with Crippen LogP contribution in [0.3, 0.4) is 0 Å². The first-order valence-electron chi connectivity index (χ1n) is 5.62. The Bertz CT molecular complexity index is 267. The molecule has 1 rings (SSSR count). The Labute approximate surface area is 91.2 Å². The summed E-state index contributed by atoms with van der Waals surface area (Å²) >= 11 is 0. The molecule has 1 fully saturated rings. The third kappa shape index (κ3) is 4.22. The van der Waals surface area contributed by atoms with Crippen molar-refractivity contribution >= 4 is 6.09 Å². The number of hydrogen-bond acceptors (Lipinski definition) is 2. The smallest absolute Gasteiger partial charge is 0.408 e. The average Bonchev–Trinajstić information content (AvgIpc) is 2.51. The lowest BCUT2D eigenvalue weighted by Gasteiger charge is -2.04. The molecule has 3 heteroatoms. The molecule has 0 aromatic carbocycles. The predicted molar refractivity (Wildman–Crippen MR) is 59.7 cm³/mol. The van der Waals surface area contributed by atoms with Crippen LogP contribution in [0.25, 0.3) is 0 Å². The van der Waals surface area contributed by atoms with E-state index in [0.29, 0.717) is 0 Å². The molecule has 2 atom stereocenters. The molecular weight excluding hydrogens is 190 g/mol. The maximum Gasteiger partial charge on any atom is 0.408 e. The Morgan fingerprint density at radius 2 is 2.33 bits per heavy atom. The van der Waals surface area contributed by atoms with Crippen molar-refractivity contribution in [2.45, 2.75) is 51.7 Å². The molecular formula is C12H19NO2. The van der Waals surface area contributed by atoms with E-state index in [1.807, 2.05) is 19.1 Å². The highest BCUT2D eigenvalue weighted by atomic mass is 16.6. The molecule has 0 unspecified atom stereocenters. The Balaban J connectivity index is 2.27. The maximum atomic E-state index is 10.8. The summed E-state index contributed by atoms with van der Waals surface area (Å²) in [5.41, 5.74) is 3.09. The number of hydrogen-bond donors (Lipinski definition) is 1. The van der Waals surface area contributed by atoms with E-state index in [-0.39, 0.29) is 18.2 Å². The van der Waals surface area contributed by atoms with Gasteiger partial charge in [-0.05, 0) is 31.9 Å². The maximum absolute atomic E-state index is 10.8. The fraction of sp³-hybridized carbons (Fsp3) is 0.667. The number of ether oxygens (including phenoxy) is 1. The number of rotatable bonds is 5. The number of unbranched alkanes of at least 4 members (excludes halogenated alkanes) is 3. The van der Waals surface area contributed by atoms with E-state index in [0.717, 1.165) is 6.42 Å². The van der Waals surface area contributed by atoms with Crippen LogP contribution in [0.15, 0.2) is 17.9 Å². The van der Waals surface area contributed by atoms with E-state index >= 15 is 0 Å². The third-order valence-corrected chi connectivity index (χ3v) is 2.43. The van der Waals surface area contributed by atoms with Crippen LogP contribution >= 0.6 is 0 Å². The average molecular weight is 209 g/mol. The van der Waals surface area contributed by atoms with E-state index in [4.69, 9.17) is 4.74 Å². The van der Waals surface area contributed by atoms with Gasteiger partial charge in [-0.25, -0.2) is 4.79 Å². The topological polar surface area (TPSA) is 38.3 Å². The first-order chi connectivity index (χ1) is 7.24. The van der Waals surface area contributed by atoms with Crippen molar-refractivity contribution in [3.05, 3.63) is 17.9 Å². The molecule has 0 spiro atoms. The molecule has 3 nitrogen and oxygen atoms in total. The minimum absolute atomic E-state index is 0.0278. The molecule has 15 heavy (non-hydrogen) atoms. The van der Waals surface area contributed by atoms with Crippen LogP contribution in [0.5, 0.6) is 0 Å². The highest BCUT2D eigenvalue weighted by Crippen LogP contribution is 2.08. The van der Waals surface area contributed by atoms with Gasteiger partial charge in [0.05, 0.1) is 6.04 Å². The van der Waals surface area contributed by atoms with Gasteiger partial charge >= 0.3 is 6.09 Å². The fourth-order valence-electron chi connectivity index (χ4n) is 1.46. The highest BCUT2D eigenvalue weighted by Gasteiger charge is 2.27. The van der Waals surface area contributed by atoms with Gasteiger partial charge in [-0.15, -0.1) is 5.73 Å². The van der Waals surface area contributed by atoms with Gasteiger partial charge in [0.2, 0.25) is 0 Å². The lowest BCUT2D eigenvalue weighted by atomic mass is 10.2. The highest BCUT2D eigenvalue weighted by molar-refractivity contribution is 5.70. The van der Waals surface area contributed by atoms with E-state index < -0.39 is 0 Å². The van der Waals surface area contributed by atoms with Gasteiger partial charge < -0.3 is 10.1 Å². The van der Waals surface area contributed by atoms with Crippen molar-refractivity contribution in [2.24, 2.45) is 0 Å². The number of carbonyl (C=O) groups excluding carboxylic acids is 1. The summed E-state index contributed by atoms with van der Waals surface area (Å²) in [6.07, 6.45) is 8.22. The molecule has 0 aromatic heterocycles. The largest absolute Gasteiger partial charge is 0.444 e. The first-order valence-corrected chi connectivity index (χ1v) is 5.62. The third-order valence-electron chi connectivity index (χ3n) is 2.43. The standard InChI is InChI=1S/C12H19NO2/c1-3-4-5-6-7-8-9-11-10(2)15-12(14)13-11/h7,9-11H,3-6H2,1-2H3,(H,13,14)/t8?,10-,11-/m1/s1. The minimum atomic E-state index is -0.337. The molecule has 1 N–H and O–H groups in total. The van der Waals surface area contributed by atoms with Crippen molar-refractivity contribution in [2.75, 3.05) is 0 Å². The SMILES string of the molecule is CCCCCC=C=C[C@H]1NC(=O)O[C@@H]1C. The summed E-state index contributed by atoms with van der Waals surface area (Å²) in [5, 5.41) is 2.71. The van der Waals surface area contributed by atoms with Gasteiger partial charge in [-0.3, -0.25) is 0 Å². The zero-order chi connectivity index (χ0) is 11.1. The lowest BCUT2D eigenvalue weighted by molar-refractivity contribution is 0.144. The molecule has 0 aliphatic carbocycles. The molecule has 1 heterocycles. The normalized spacial score (nSPS) is 24.0. The Hall–Kier alpha value is -1.21. The number of carbonyl (C=O) groups is 1. The molecule has 1 aliphatic heterocycles. The summed E-state index contributed by atoms with van der Waals surface area (Å²) in [7, 11) is 0. The van der Waals surface area contributed by atoms with E-state index in [1.54, 1.807) is 0 Å². The molecule has 0 aromatic rings. The van der Waals surface area contributed by atoms with Crippen molar-refractivity contribution in [3.8, 4) is 0 Å². The van der Waals surface area contributed by atoms with Crippen LogP contribution in [-0.4, -0.2) is 18.2 Å². The second-order valence-corrected chi connectivity index (χ2v) is 3.81. The van der Waals surface area contributed by atoms with Crippen molar-refractivity contribution in [1.29, 1.82) is 0 Å². The van der Waals surface area contributed by atoms with Gasteiger partial charge in [0, 0.05) is 0 Å². The predicted octanol–water partition coefficient (Wildman–Crippen LogP) is 2.77. The number of alkyl carbamates (subject to hydrolysis) is 1. The summed E-state index contributed by atoms with van der Waals surface area (Å²) in [6, 6.07) is -0.0278. The Kier molecular flexibility index (Phi) is 4.99. The van der Waals surface area contributed by atoms with Crippen molar-refractivity contribution in [1.82, 2.24) is 5.32 Å². The van der Waals surface area contributed by atoms with Crippen LogP contribution in [0.1, 0.15) is 39.5 Å². The molecule has 0 bridgehead atoms. The van der Waals surface area contributed by atoms with E-state index in [1.165, 1.54) is 19.3 Å². The molecule has 0 saturated carbocycles. The summed E-state index contributed by atoms with van der Waals surface area (Å²) in [6.45, 7) is 4.06. The summed E-state index contributed by atoms with van der Waals surface area (Å²) in [4.78, 5) is 10.8. The molecule has 1 aliphatic rings. The second kappa shape index (κ2) is 6.31. The summed E-state index contributed by atoms with van der Waals surface area (Å²) in [5.74, 6) is 0. The monoisotopic (exact) mass is 209 g/mol. The molecule has 0 radical (unpaired) electrons. The zero-order valence-electron chi connectivity index (χ0n) is 9.45. The van der Waals surface area contributed by atoms with Crippen LogP contribution in [0.2, 0.25) is 0 Å². The minimum Gasteiger partial charge on any atom is -0.444 e. The van der Waals surface area contributed by atoms with Gasteiger partial charge in [-0.1, -0.05) is 19.8 Å². The van der Waals surface area contributed by atoms with Gasteiger partial charge in [0.15, 0.2) is 0 Å². The van der Waals surface area contributed by atoms with Crippen LogP contribution < -0.4 is 5.32 Å². The van der Waals surface area contributed by atoms with Crippen molar-refractivity contribution < 1.29 is 9.53 Å².